The Morgan fingerprint density at radius 2 is 1.64 bits per heavy atom. The predicted molar refractivity (Wildman–Crippen MR) is 87.6 cm³/mol. The smallest absolute Gasteiger partial charge is 0.228 e. The molecule has 7 heteroatoms. The molecule has 2 aromatic carbocycles. The second-order valence-corrected chi connectivity index (χ2v) is 5.03. The topological polar surface area (TPSA) is 53.4 Å². The van der Waals surface area contributed by atoms with Crippen molar-refractivity contribution in [2.75, 3.05) is 13.7 Å². The summed E-state index contributed by atoms with van der Waals surface area (Å²) < 4.78 is 36.2. The summed E-state index contributed by atoms with van der Waals surface area (Å²) in [7, 11) is 0. The fraction of sp³-hybridized carbons (Fsp3) is 0.111. The van der Waals surface area contributed by atoms with Crippen LogP contribution in [0.15, 0.2) is 54.7 Å². The van der Waals surface area contributed by atoms with Crippen LogP contribution in [-0.4, -0.2) is 29.8 Å². The van der Waals surface area contributed by atoms with Crippen molar-refractivity contribution in [3.05, 3.63) is 60.3 Å². The first-order chi connectivity index (χ1) is 12.2. The van der Waals surface area contributed by atoms with Crippen LogP contribution in [0, 0.1) is 0 Å². The summed E-state index contributed by atoms with van der Waals surface area (Å²) in [6.45, 7) is -2.09. The van der Waals surface area contributed by atoms with Crippen LogP contribution in [0.25, 0.3) is 16.9 Å². The average molecular weight is 344 g/mol. The maximum absolute atomic E-state index is 12.5. The Hall–Kier alpha value is -3.22. The number of nitrogens with zero attached hydrogens (tertiary/aromatic N) is 2. The number of alkyl halides is 2. The van der Waals surface area contributed by atoms with E-state index in [0.29, 0.717) is 23.1 Å². The maximum atomic E-state index is 12.5. The molecule has 0 amide bonds. The lowest BCUT2D eigenvalue weighted by Crippen LogP contribution is -1.96. The van der Waals surface area contributed by atoms with Gasteiger partial charge in [0.2, 0.25) is 13.7 Å². The van der Waals surface area contributed by atoms with Crippen LogP contribution >= 0.6 is 0 Å². The second-order valence-electron chi connectivity index (χ2n) is 5.03. The molecule has 25 heavy (non-hydrogen) atoms. The summed E-state index contributed by atoms with van der Waals surface area (Å²) >= 11 is 0. The molecule has 0 fully saturated rings. The van der Waals surface area contributed by atoms with Crippen LogP contribution < -0.4 is 9.47 Å². The van der Waals surface area contributed by atoms with E-state index in [1.54, 1.807) is 10.9 Å². The van der Waals surface area contributed by atoms with Crippen LogP contribution in [0.2, 0.25) is 0 Å². The number of aromatic nitrogens is 2. The Balaban J connectivity index is 2.09. The number of carbonyl (C=O) groups is 1. The molecule has 3 aromatic rings. The molecule has 0 aliphatic carbocycles. The van der Waals surface area contributed by atoms with Gasteiger partial charge < -0.3 is 9.47 Å². The zero-order valence-corrected chi connectivity index (χ0v) is 13.1. The molecule has 1 heterocycles. The highest BCUT2D eigenvalue weighted by atomic mass is 19.1. The van der Waals surface area contributed by atoms with Gasteiger partial charge in [0.1, 0.15) is 17.2 Å². The molecular formula is C18H14F2N2O3. The van der Waals surface area contributed by atoms with Gasteiger partial charge in [-0.3, -0.25) is 4.79 Å². The second kappa shape index (κ2) is 7.57. The quantitative estimate of drug-likeness (QED) is 0.609. The number of ether oxygens (including phenoxy) is 2. The van der Waals surface area contributed by atoms with Crippen molar-refractivity contribution in [2.24, 2.45) is 0 Å². The Bertz CT molecular complexity index is 842. The molecule has 0 aliphatic heterocycles. The summed E-state index contributed by atoms with van der Waals surface area (Å²) in [4.78, 5) is 11.4. The van der Waals surface area contributed by atoms with E-state index in [1.165, 1.54) is 18.2 Å². The van der Waals surface area contributed by atoms with E-state index in [1.807, 2.05) is 30.3 Å². The van der Waals surface area contributed by atoms with Crippen molar-refractivity contribution in [3.63, 3.8) is 0 Å². The molecule has 0 saturated carbocycles. The highest BCUT2D eigenvalue weighted by Crippen LogP contribution is 2.31. The first-order valence-corrected chi connectivity index (χ1v) is 7.38. The fourth-order valence-electron chi connectivity index (χ4n) is 2.41. The summed E-state index contributed by atoms with van der Waals surface area (Å²) in [5, 5.41) is 4.41. The van der Waals surface area contributed by atoms with Crippen molar-refractivity contribution >= 4 is 6.29 Å². The lowest BCUT2D eigenvalue weighted by atomic mass is 10.1. The Morgan fingerprint density at radius 1 is 1.00 bits per heavy atom. The van der Waals surface area contributed by atoms with E-state index < -0.39 is 13.7 Å². The van der Waals surface area contributed by atoms with Crippen molar-refractivity contribution in [2.45, 2.75) is 0 Å². The first-order valence-electron chi connectivity index (χ1n) is 7.38. The molecule has 0 bridgehead atoms. The van der Waals surface area contributed by atoms with Crippen LogP contribution in [0.3, 0.4) is 0 Å². The number of aldehydes is 1. The summed E-state index contributed by atoms with van der Waals surface area (Å²) in [6.07, 6.45) is 2.25. The van der Waals surface area contributed by atoms with E-state index >= 15 is 0 Å². The number of hydrogen-bond donors (Lipinski definition) is 0. The first kappa shape index (κ1) is 16.6. The average Bonchev–Trinajstić information content (AvgIpc) is 3.07. The SMILES string of the molecule is O=Cc1cn(-c2ccccc2)nc1-c1cc(OCF)cc(OCF)c1. The molecule has 0 atom stereocenters. The van der Waals surface area contributed by atoms with E-state index in [9.17, 15) is 13.6 Å². The van der Waals surface area contributed by atoms with E-state index in [4.69, 9.17) is 9.47 Å². The molecule has 0 N–H and O–H groups in total. The van der Waals surface area contributed by atoms with Gasteiger partial charge in [0, 0.05) is 17.8 Å². The normalized spacial score (nSPS) is 10.5. The third kappa shape index (κ3) is 3.65. The number of para-hydroxylation sites is 1. The minimum Gasteiger partial charge on any atom is -0.463 e. The van der Waals surface area contributed by atoms with Crippen LogP contribution in [0.4, 0.5) is 8.78 Å². The minimum absolute atomic E-state index is 0.148. The lowest BCUT2D eigenvalue weighted by Gasteiger charge is -2.08. The summed E-state index contributed by atoms with van der Waals surface area (Å²) in [5.41, 5.74) is 1.90. The van der Waals surface area contributed by atoms with Crippen molar-refractivity contribution in [3.8, 4) is 28.4 Å². The third-order valence-corrected chi connectivity index (χ3v) is 3.49. The molecule has 0 unspecified atom stereocenters. The van der Waals surface area contributed by atoms with E-state index in [-0.39, 0.29) is 11.5 Å². The molecule has 0 spiro atoms. The molecule has 5 nitrogen and oxygen atoms in total. The van der Waals surface area contributed by atoms with E-state index in [2.05, 4.69) is 5.10 Å². The molecule has 1 aromatic heterocycles. The Labute approximate surface area is 142 Å². The van der Waals surface area contributed by atoms with Gasteiger partial charge in [-0.05, 0) is 24.3 Å². The third-order valence-electron chi connectivity index (χ3n) is 3.49. The van der Waals surface area contributed by atoms with Gasteiger partial charge in [-0.25, -0.2) is 13.5 Å². The zero-order chi connectivity index (χ0) is 17.6. The standard InChI is InChI=1S/C18H14F2N2O3/c19-11-24-16-6-13(7-17(8-16)25-12-20)18-14(10-23)9-22(21-18)15-4-2-1-3-5-15/h1-10H,11-12H2. The monoisotopic (exact) mass is 344 g/mol. The molecule has 0 radical (unpaired) electrons. The van der Waals surface area contributed by atoms with Gasteiger partial charge in [-0.2, -0.15) is 5.10 Å². The van der Waals surface area contributed by atoms with Crippen molar-refractivity contribution in [1.29, 1.82) is 0 Å². The van der Waals surface area contributed by atoms with Crippen molar-refractivity contribution < 1.29 is 23.0 Å². The number of halogens is 2. The molecule has 0 aliphatic rings. The molecule has 3 rings (SSSR count). The number of benzene rings is 2. The van der Waals surface area contributed by atoms with Crippen LogP contribution in [0.1, 0.15) is 10.4 Å². The number of hydrogen-bond acceptors (Lipinski definition) is 4. The van der Waals surface area contributed by atoms with Gasteiger partial charge in [0.25, 0.3) is 0 Å². The minimum atomic E-state index is -1.04. The van der Waals surface area contributed by atoms with Gasteiger partial charge in [0.15, 0.2) is 6.29 Å². The summed E-state index contributed by atoms with van der Waals surface area (Å²) in [6, 6.07) is 13.6. The molecule has 128 valence electrons. The fourth-order valence-corrected chi connectivity index (χ4v) is 2.41. The highest BCUT2D eigenvalue weighted by molar-refractivity contribution is 5.86. The lowest BCUT2D eigenvalue weighted by molar-refractivity contribution is 0.112. The van der Waals surface area contributed by atoms with Crippen LogP contribution in [-0.2, 0) is 0 Å². The van der Waals surface area contributed by atoms with Crippen LogP contribution in [0.5, 0.6) is 11.5 Å². The zero-order valence-electron chi connectivity index (χ0n) is 13.1. The Morgan fingerprint density at radius 3 is 2.20 bits per heavy atom. The van der Waals surface area contributed by atoms with Gasteiger partial charge >= 0.3 is 0 Å². The van der Waals surface area contributed by atoms with E-state index in [0.717, 1.165) is 5.69 Å². The predicted octanol–water partition coefficient (Wildman–Crippen LogP) is 3.96. The Kier molecular flexibility index (Phi) is 5.03. The van der Waals surface area contributed by atoms with Gasteiger partial charge in [-0.1, -0.05) is 18.2 Å². The van der Waals surface area contributed by atoms with Crippen molar-refractivity contribution in [1.82, 2.24) is 9.78 Å². The molecule has 0 saturated heterocycles. The molecular weight excluding hydrogens is 330 g/mol. The summed E-state index contributed by atoms with van der Waals surface area (Å²) in [5.74, 6) is 0.295. The van der Waals surface area contributed by atoms with Gasteiger partial charge in [0.05, 0.1) is 11.3 Å². The maximum Gasteiger partial charge on any atom is 0.228 e. The highest BCUT2D eigenvalue weighted by Gasteiger charge is 2.14. The number of rotatable bonds is 7. The number of carbonyl (C=O) groups excluding carboxylic acids is 1. The van der Waals surface area contributed by atoms with Gasteiger partial charge in [-0.15, -0.1) is 0 Å². The largest absolute Gasteiger partial charge is 0.463 e.